The Bertz CT molecular complexity index is 591. The minimum atomic E-state index is -4.00. The Morgan fingerprint density at radius 3 is 2.60 bits per heavy atom. The van der Waals surface area contributed by atoms with E-state index >= 15 is 0 Å². The zero-order valence-corrected chi connectivity index (χ0v) is 13.9. The van der Waals surface area contributed by atoms with Gasteiger partial charge in [0.15, 0.2) is 5.82 Å². The van der Waals surface area contributed by atoms with Crippen LogP contribution in [0.25, 0.3) is 0 Å². The van der Waals surface area contributed by atoms with Crippen molar-refractivity contribution in [1.82, 2.24) is 4.72 Å². The average molecular weight is 369 g/mol. The zero-order valence-electron chi connectivity index (χ0n) is 11.5. The van der Waals surface area contributed by atoms with Gasteiger partial charge in [0.25, 0.3) is 0 Å². The molecule has 0 aromatic heterocycles. The molecule has 3 N–H and O–H groups in total. The predicted molar refractivity (Wildman–Crippen MR) is 79.4 cm³/mol. The number of nitrogens with one attached hydrogen (secondary N) is 1. The van der Waals surface area contributed by atoms with Crippen molar-refractivity contribution in [3.8, 4) is 0 Å². The van der Waals surface area contributed by atoms with Crippen molar-refractivity contribution in [2.75, 3.05) is 18.9 Å². The molecule has 0 bridgehead atoms. The van der Waals surface area contributed by atoms with Gasteiger partial charge in [-0.15, -0.1) is 0 Å². The Kier molecular flexibility index (Phi) is 5.54. The molecule has 1 aromatic rings. The van der Waals surface area contributed by atoms with Crippen LogP contribution in [0, 0.1) is 5.82 Å². The molecule has 8 heteroatoms. The highest BCUT2D eigenvalue weighted by molar-refractivity contribution is 9.10. The van der Waals surface area contributed by atoms with E-state index in [2.05, 4.69) is 20.7 Å². The number of hydrogen-bond acceptors (Lipinski definition) is 4. The molecule has 0 aliphatic rings. The second kappa shape index (κ2) is 6.38. The minimum absolute atomic E-state index is 0.00180. The first-order chi connectivity index (χ1) is 9.09. The van der Waals surface area contributed by atoms with Gasteiger partial charge in [-0.3, -0.25) is 0 Å². The van der Waals surface area contributed by atoms with E-state index in [1.807, 2.05) is 6.92 Å². The first-order valence-corrected chi connectivity index (χ1v) is 8.25. The van der Waals surface area contributed by atoms with Crippen LogP contribution in [0.2, 0.25) is 0 Å². The lowest BCUT2D eigenvalue weighted by Crippen LogP contribution is -2.40. The van der Waals surface area contributed by atoms with Crippen LogP contribution in [0.1, 0.15) is 20.8 Å². The van der Waals surface area contributed by atoms with E-state index in [9.17, 15) is 12.8 Å². The van der Waals surface area contributed by atoms with Crippen molar-refractivity contribution in [2.24, 2.45) is 0 Å². The summed E-state index contributed by atoms with van der Waals surface area (Å²) in [7, 11) is -4.00. The molecule has 0 saturated heterocycles. The Balaban J connectivity index is 3.01. The predicted octanol–water partition coefficient (Wildman–Crippen LogP) is 2.26. The molecule has 0 unspecified atom stereocenters. The smallest absolute Gasteiger partial charge is 0.243 e. The van der Waals surface area contributed by atoms with Crippen LogP contribution in [-0.2, 0) is 14.8 Å². The van der Waals surface area contributed by atoms with Crippen LogP contribution >= 0.6 is 15.9 Å². The highest BCUT2D eigenvalue weighted by Gasteiger charge is 2.25. The van der Waals surface area contributed by atoms with Gasteiger partial charge in [0.2, 0.25) is 10.0 Å². The molecule has 20 heavy (non-hydrogen) atoms. The maximum Gasteiger partial charge on any atom is 0.243 e. The molecule has 0 amide bonds. The lowest BCUT2D eigenvalue weighted by molar-refractivity contribution is -0.00516. The molecule has 5 nitrogen and oxygen atoms in total. The van der Waals surface area contributed by atoms with E-state index in [-0.39, 0.29) is 16.7 Å². The van der Waals surface area contributed by atoms with Crippen LogP contribution in [0.5, 0.6) is 0 Å². The Morgan fingerprint density at radius 2 is 2.05 bits per heavy atom. The van der Waals surface area contributed by atoms with E-state index in [4.69, 9.17) is 10.5 Å². The van der Waals surface area contributed by atoms with Crippen LogP contribution < -0.4 is 10.5 Å². The van der Waals surface area contributed by atoms with E-state index in [0.29, 0.717) is 6.61 Å². The highest BCUT2D eigenvalue weighted by atomic mass is 79.9. The summed E-state index contributed by atoms with van der Waals surface area (Å²) in [5.41, 5.74) is 5.01. The van der Waals surface area contributed by atoms with Crippen LogP contribution in [0.4, 0.5) is 10.1 Å². The average Bonchev–Trinajstić information content (AvgIpc) is 2.31. The third-order valence-corrected chi connectivity index (χ3v) is 4.51. The van der Waals surface area contributed by atoms with Gasteiger partial charge in [0.05, 0.1) is 10.1 Å². The van der Waals surface area contributed by atoms with E-state index in [0.717, 1.165) is 6.07 Å². The molecule has 0 fully saturated rings. The summed E-state index contributed by atoms with van der Waals surface area (Å²) in [5.74, 6) is -0.874. The van der Waals surface area contributed by atoms with Gasteiger partial charge in [-0.25, -0.2) is 17.5 Å². The van der Waals surface area contributed by atoms with Crippen molar-refractivity contribution >= 4 is 31.6 Å². The van der Waals surface area contributed by atoms with Crippen LogP contribution in [-0.4, -0.2) is 27.2 Å². The number of ether oxygens (including phenoxy) is 1. The van der Waals surface area contributed by atoms with Gasteiger partial charge in [0, 0.05) is 18.8 Å². The van der Waals surface area contributed by atoms with Gasteiger partial charge < -0.3 is 10.5 Å². The summed E-state index contributed by atoms with van der Waals surface area (Å²) in [6.07, 6.45) is 0. The summed E-state index contributed by atoms with van der Waals surface area (Å²) in [6, 6.07) is 2.38. The van der Waals surface area contributed by atoms with E-state index in [1.165, 1.54) is 6.07 Å². The summed E-state index contributed by atoms with van der Waals surface area (Å²) in [6.45, 7) is 5.77. The monoisotopic (exact) mass is 368 g/mol. The number of hydrogen-bond donors (Lipinski definition) is 2. The van der Waals surface area contributed by atoms with Crippen molar-refractivity contribution < 1.29 is 17.5 Å². The molecule has 1 rings (SSSR count). The van der Waals surface area contributed by atoms with Gasteiger partial charge in [-0.1, -0.05) is 0 Å². The van der Waals surface area contributed by atoms with Crippen molar-refractivity contribution in [1.29, 1.82) is 0 Å². The van der Waals surface area contributed by atoms with Crippen molar-refractivity contribution in [2.45, 2.75) is 31.3 Å². The molecular formula is C12H18BrFN2O3S. The lowest BCUT2D eigenvalue weighted by Gasteiger charge is -2.24. The summed E-state index contributed by atoms with van der Waals surface area (Å²) in [5, 5.41) is 0. The quantitative estimate of drug-likeness (QED) is 0.754. The van der Waals surface area contributed by atoms with Gasteiger partial charge in [-0.05, 0) is 48.8 Å². The fraction of sp³-hybridized carbons (Fsp3) is 0.500. The number of nitrogen functional groups attached to an aromatic ring is 1. The molecule has 0 radical (unpaired) electrons. The SMILES string of the molecule is CCOC(C)(C)CNS(=O)(=O)c1cc(N)cc(Br)c1F. The second-order valence-corrected chi connectivity index (χ2v) is 7.42. The van der Waals surface area contributed by atoms with Gasteiger partial charge in [-0.2, -0.15) is 0 Å². The van der Waals surface area contributed by atoms with Crippen LogP contribution in [0.15, 0.2) is 21.5 Å². The second-order valence-electron chi connectivity index (χ2n) is 4.83. The number of nitrogens with two attached hydrogens (primary N) is 1. The number of benzene rings is 1. The number of anilines is 1. The molecule has 0 saturated carbocycles. The van der Waals surface area contributed by atoms with Crippen molar-refractivity contribution in [3.63, 3.8) is 0 Å². The van der Waals surface area contributed by atoms with Crippen molar-refractivity contribution in [3.05, 3.63) is 22.4 Å². The number of rotatable bonds is 6. The van der Waals surface area contributed by atoms with E-state index < -0.39 is 26.3 Å². The lowest BCUT2D eigenvalue weighted by atomic mass is 10.1. The fourth-order valence-corrected chi connectivity index (χ4v) is 3.51. The van der Waals surface area contributed by atoms with Gasteiger partial charge in [0.1, 0.15) is 4.90 Å². The largest absolute Gasteiger partial charge is 0.399 e. The van der Waals surface area contributed by atoms with E-state index in [1.54, 1.807) is 13.8 Å². The molecule has 0 aliphatic heterocycles. The maximum absolute atomic E-state index is 13.9. The molecule has 0 atom stereocenters. The normalized spacial score (nSPS) is 12.7. The Labute approximate surface area is 126 Å². The summed E-state index contributed by atoms with van der Waals surface area (Å²) >= 11 is 2.93. The first kappa shape index (κ1) is 17.4. The third kappa shape index (κ3) is 4.41. The molecular weight excluding hydrogens is 351 g/mol. The summed E-state index contributed by atoms with van der Waals surface area (Å²) < 4.78 is 45.9. The summed E-state index contributed by atoms with van der Waals surface area (Å²) in [4.78, 5) is -0.489. The maximum atomic E-state index is 13.9. The molecule has 0 aliphatic carbocycles. The molecule has 0 heterocycles. The number of sulfonamides is 1. The Hall–Kier alpha value is -0.700. The first-order valence-electron chi connectivity index (χ1n) is 5.97. The molecule has 0 spiro atoms. The van der Waals surface area contributed by atoms with Gasteiger partial charge >= 0.3 is 0 Å². The molecule has 1 aromatic carbocycles. The Morgan fingerprint density at radius 1 is 1.45 bits per heavy atom. The molecule has 114 valence electrons. The zero-order chi connectivity index (χ0) is 15.6. The standard InChI is InChI=1S/C12H18BrFN2O3S/c1-4-19-12(2,3)7-16-20(17,18)10-6-8(15)5-9(13)11(10)14/h5-6,16H,4,7,15H2,1-3H3. The third-order valence-electron chi connectivity index (χ3n) is 2.53. The number of halogens is 2. The fourth-order valence-electron chi connectivity index (χ4n) is 1.57. The minimum Gasteiger partial charge on any atom is -0.399 e. The highest BCUT2D eigenvalue weighted by Crippen LogP contribution is 2.26. The topological polar surface area (TPSA) is 81.4 Å². The van der Waals surface area contributed by atoms with Crippen LogP contribution in [0.3, 0.4) is 0 Å².